The topological polar surface area (TPSA) is 50.6 Å². The molecule has 0 bridgehead atoms. The van der Waals surface area contributed by atoms with Crippen molar-refractivity contribution in [3.8, 4) is 5.75 Å². The van der Waals surface area contributed by atoms with E-state index < -0.39 is 11.0 Å². The van der Waals surface area contributed by atoms with E-state index in [4.69, 9.17) is 9.84 Å². The second kappa shape index (κ2) is 7.31. The van der Waals surface area contributed by atoms with E-state index in [1.54, 1.807) is 4.09 Å². The largest absolute Gasteiger partial charge is 0.490 e. The highest BCUT2D eigenvalue weighted by atomic mass is 32.2. The summed E-state index contributed by atoms with van der Waals surface area (Å²) in [4.78, 5) is 5.13. The average Bonchev–Trinajstić information content (AvgIpc) is 3.13. The first kappa shape index (κ1) is 18.4. The van der Waals surface area contributed by atoms with Gasteiger partial charge in [-0.3, -0.25) is 0 Å². The number of hydrogen-bond acceptors (Lipinski definition) is 5. The van der Waals surface area contributed by atoms with Gasteiger partial charge in [-0.2, -0.15) is 9.19 Å². The average molecular weight is 409 g/mol. The Morgan fingerprint density at radius 3 is 2.79 bits per heavy atom. The van der Waals surface area contributed by atoms with E-state index in [0.29, 0.717) is 11.5 Å². The van der Waals surface area contributed by atoms with E-state index in [0.717, 1.165) is 54.1 Å². The molecule has 1 aromatic heterocycles. The molecule has 0 aliphatic carbocycles. The van der Waals surface area contributed by atoms with Crippen molar-refractivity contribution in [2.24, 2.45) is 0 Å². The molecule has 1 atom stereocenters. The Labute approximate surface area is 173 Å². The number of para-hydroxylation sites is 1. The third-order valence-electron chi connectivity index (χ3n) is 5.66. The minimum Gasteiger partial charge on any atom is -0.490 e. The minimum atomic E-state index is -1.45. The Hall–Kier alpha value is -2.64. The highest BCUT2D eigenvalue weighted by molar-refractivity contribution is 7.83. The lowest BCUT2D eigenvalue weighted by atomic mass is 10.0. The maximum absolute atomic E-state index is 13.5. The summed E-state index contributed by atoms with van der Waals surface area (Å²) in [5, 5.41) is 5.87. The van der Waals surface area contributed by atoms with Gasteiger partial charge in [0.15, 0.2) is 11.0 Å². The normalized spacial score (nSPS) is 18.3. The van der Waals surface area contributed by atoms with Crippen LogP contribution in [-0.2, 0) is 11.0 Å². The van der Waals surface area contributed by atoms with E-state index in [1.165, 1.54) is 5.57 Å². The molecule has 3 heterocycles. The summed E-state index contributed by atoms with van der Waals surface area (Å²) in [6, 6.07) is 13.8. The van der Waals surface area contributed by atoms with E-state index in [2.05, 4.69) is 29.0 Å². The van der Waals surface area contributed by atoms with Crippen molar-refractivity contribution in [2.45, 2.75) is 11.3 Å². The van der Waals surface area contributed by atoms with Crippen LogP contribution in [-0.4, -0.2) is 58.6 Å². The molecule has 150 valence electrons. The fourth-order valence-electron chi connectivity index (χ4n) is 3.94. The Kier molecular flexibility index (Phi) is 4.64. The zero-order valence-electron chi connectivity index (χ0n) is 16.7. The monoisotopic (exact) mass is 408 g/mol. The summed E-state index contributed by atoms with van der Waals surface area (Å²) in [6.45, 7) is 3.41. The van der Waals surface area contributed by atoms with Gasteiger partial charge in [0.05, 0.1) is 28.3 Å². The van der Waals surface area contributed by atoms with E-state index >= 15 is 0 Å². The summed E-state index contributed by atoms with van der Waals surface area (Å²) in [7, 11) is 2.71. The predicted octanol–water partition coefficient (Wildman–Crippen LogP) is 3.15. The van der Waals surface area contributed by atoms with Crippen LogP contribution < -0.4 is 9.64 Å². The van der Waals surface area contributed by atoms with E-state index in [-0.39, 0.29) is 0 Å². The van der Waals surface area contributed by atoms with Crippen molar-refractivity contribution in [1.82, 2.24) is 14.1 Å². The first-order valence-corrected chi connectivity index (χ1v) is 11.0. The minimum absolute atomic E-state index is 0.636. The number of aromatic nitrogens is 2. The Morgan fingerprint density at radius 1 is 1.10 bits per heavy atom. The van der Waals surface area contributed by atoms with Crippen molar-refractivity contribution in [1.29, 1.82) is 0 Å². The van der Waals surface area contributed by atoms with Crippen LogP contribution in [0.25, 0.3) is 16.5 Å². The molecule has 0 saturated heterocycles. The molecule has 6 nitrogen and oxygen atoms in total. The summed E-state index contributed by atoms with van der Waals surface area (Å²) >= 11 is 0. The van der Waals surface area contributed by atoms with Crippen LogP contribution in [0.2, 0.25) is 0 Å². The molecule has 1 unspecified atom stereocenters. The summed E-state index contributed by atoms with van der Waals surface area (Å²) in [5.41, 5.74) is 4.08. The van der Waals surface area contributed by atoms with Gasteiger partial charge in [0.25, 0.3) is 0 Å². The van der Waals surface area contributed by atoms with Crippen LogP contribution in [0.15, 0.2) is 53.4 Å². The molecule has 29 heavy (non-hydrogen) atoms. The van der Waals surface area contributed by atoms with Gasteiger partial charge in [0.1, 0.15) is 12.4 Å². The first-order chi connectivity index (χ1) is 14.1. The molecule has 7 heteroatoms. The maximum Gasteiger partial charge on any atom is 0.173 e. The molecule has 0 saturated carbocycles. The van der Waals surface area contributed by atoms with Gasteiger partial charge in [-0.25, -0.2) is 4.21 Å². The fraction of sp³-hybridized carbons (Fsp3) is 0.318. The molecule has 3 aromatic rings. The number of likely N-dealkylation sites (N-methyl/N-ethyl adjacent to an activating group) is 2. The molecular weight excluding hydrogens is 384 g/mol. The van der Waals surface area contributed by atoms with Crippen molar-refractivity contribution in [2.75, 3.05) is 45.2 Å². The zero-order valence-corrected chi connectivity index (χ0v) is 17.5. The van der Waals surface area contributed by atoms with E-state index in [1.807, 2.05) is 43.4 Å². The van der Waals surface area contributed by atoms with Gasteiger partial charge in [-0.1, -0.05) is 24.3 Å². The third-order valence-corrected chi connectivity index (χ3v) is 6.91. The molecular formula is C22H24N4O2S. The van der Waals surface area contributed by atoms with Gasteiger partial charge < -0.3 is 14.5 Å². The second-order valence-corrected chi connectivity index (χ2v) is 8.94. The molecule has 0 radical (unpaired) electrons. The van der Waals surface area contributed by atoms with Crippen LogP contribution in [0.3, 0.4) is 0 Å². The van der Waals surface area contributed by atoms with Crippen LogP contribution in [0.4, 0.5) is 5.69 Å². The number of fused-ring (bicyclic) bond motifs is 2. The predicted molar refractivity (Wildman–Crippen MR) is 117 cm³/mol. The van der Waals surface area contributed by atoms with Crippen molar-refractivity contribution < 1.29 is 8.95 Å². The van der Waals surface area contributed by atoms with Crippen LogP contribution in [0, 0.1) is 0 Å². The van der Waals surface area contributed by atoms with Crippen LogP contribution in [0.5, 0.6) is 5.75 Å². The van der Waals surface area contributed by atoms with E-state index in [9.17, 15) is 4.21 Å². The maximum atomic E-state index is 13.5. The number of hydrogen-bond donors (Lipinski definition) is 0. The molecule has 2 aliphatic rings. The van der Waals surface area contributed by atoms with Gasteiger partial charge in [0.2, 0.25) is 0 Å². The lowest BCUT2D eigenvalue weighted by Gasteiger charge is -2.27. The molecule has 0 spiro atoms. The molecule has 0 amide bonds. The Morgan fingerprint density at radius 2 is 1.97 bits per heavy atom. The summed E-state index contributed by atoms with van der Waals surface area (Å²) in [5.74, 6) is 0.777. The smallest absolute Gasteiger partial charge is 0.173 e. The summed E-state index contributed by atoms with van der Waals surface area (Å²) < 4.78 is 20.9. The third kappa shape index (κ3) is 3.24. The van der Waals surface area contributed by atoms with Crippen LogP contribution >= 0.6 is 0 Å². The molecule has 5 rings (SSSR count). The lowest BCUT2D eigenvalue weighted by molar-refractivity contribution is 0.310. The quantitative estimate of drug-likeness (QED) is 0.666. The highest BCUT2D eigenvalue weighted by Crippen LogP contribution is 2.34. The van der Waals surface area contributed by atoms with Gasteiger partial charge in [-0.15, -0.1) is 0 Å². The number of benzene rings is 2. The summed E-state index contributed by atoms with van der Waals surface area (Å²) in [6.07, 6.45) is 3.18. The SMILES string of the molecule is CN1CC=C(c2nn(S(=O)c3ccc4c(c3)OCCN4C)c3ccccc23)CC1. The van der Waals surface area contributed by atoms with Gasteiger partial charge in [0, 0.05) is 31.6 Å². The Bertz CT molecular complexity index is 1140. The van der Waals surface area contributed by atoms with Crippen LogP contribution in [0.1, 0.15) is 12.1 Å². The van der Waals surface area contributed by atoms with Gasteiger partial charge >= 0.3 is 0 Å². The number of rotatable bonds is 3. The molecule has 0 N–H and O–H groups in total. The van der Waals surface area contributed by atoms with Crippen molar-refractivity contribution >= 4 is 33.1 Å². The fourth-order valence-corrected chi connectivity index (χ4v) is 5.02. The number of ether oxygens (including phenoxy) is 1. The Balaban J connectivity index is 1.58. The first-order valence-electron chi connectivity index (χ1n) is 9.88. The molecule has 2 aliphatic heterocycles. The van der Waals surface area contributed by atoms with Crippen molar-refractivity contribution in [3.63, 3.8) is 0 Å². The van der Waals surface area contributed by atoms with Crippen molar-refractivity contribution in [3.05, 3.63) is 54.2 Å². The number of anilines is 1. The number of nitrogens with zero attached hydrogens (tertiary/aromatic N) is 4. The zero-order chi connectivity index (χ0) is 20.0. The standard InChI is InChI=1S/C22H24N4O2S/c1-24-11-9-16(10-12-24)22-18-5-3-4-6-19(18)26(23-22)29(27)17-7-8-20-21(15-17)28-14-13-25(20)2/h3-9,15H,10-14H2,1-2H3. The second-order valence-electron chi connectivity index (χ2n) is 7.63. The molecule has 0 fully saturated rings. The highest BCUT2D eigenvalue weighted by Gasteiger charge is 2.22. The molecule has 2 aromatic carbocycles. The lowest BCUT2D eigenvalue weighted by Crippen LogP contribution is -2.28. The van der Waals surface area contributed by atoms with Gasteiger partial charge in [-0.05, 0) is 37.2 Å².